The molecule has 0 aromatic rings. The highest BCUT2D eigenvalue weighted by molar-refractivity contribution is 5.71. The lowest BCUT2D eigenvalue weighted by Gasteiger charge is -2.59. The van der Waals surface area contributed by atoms with Gasteiger partial charge in [-0.2, -0.15) is 0 Å². The Bertz CT molecular complexity index is 607. The first-order valence-corrected chi connectivity index (χ1v) is 10.9. The van der Waals surface area contributed by atoms with Crippen LogP contribution in [0.25, 0.3) is 0 Å². The number of allylic oxidation sites excluding steroid dienone is 2. The summed E-state index contributed by atoms with van der Waals surface area (Å²) in [5.74, 6) is 3.89. The van der Waals surface area contributed by atoms with Crippen LogP contribution >= 0.6 is 0 Å². The van der Waals surface area contributed by atoms with Gasteiger partial charge in [0.25, 0.3) is 0 Å². The summed E-state index contributed by atoms with van der Waals surface area (Å²) in [5.41, 5.74) is 2.75. The molecule has 2 nitrogen and oxygen atoms in total. The van der Waals surface area contributed by atoms with Crippen LogP contribution in [0.15, 0.2) is 11.6 Å². The minimum absolute atomic E-state index is 0.0333. The Hall–Kier alpha value is -0.790. The number of fused-ring (bicyclic) bond motifs is 5. The molecule has 138 valence electrons. The number of esters is 1. The number of hydrogen-bond acceptors (Lipinski definition) is 2. The summed E-state index contributed by atoms with van der Waals surface area (Å²) in [6.07, 6.45) is 16.0. The lowest BCUT2D eigenvalue weighted by atomic mass is 9.46. The van der Waals surface area contributed by atoms with Crippen LogP contribution in [0.2, 0.25) is 0 Å². The van der Waals surface area contributed by atoms with Crippen molar-refractivity contribution in [3.63, 3.8) is 0 Å². The van der Waals surface area contributed by atoms with Gasteiger partial charge in [-0.25, -0.2) is 0 Å². The van der Waals surface area contributed by atoms with Gasteiger partial charge in [-0.15, -0.1) is 0 Å². The molecule has 4 aliphatic carbocycles. The van der Waals surface area contributed by atoms with E-state index in [1.807, 2.05) is 0 Å². The van der Waals surface area contributed by atoms with Crippen molar-refractivity contribution >= 4 is 5.97 Å². The van der Waals surface area contributed by atoms with E-state index in [1.54, 1.807) is 5.57 Å². The molecule has 3 saturated carbocycles. The number of ether oxygens (including phenoxy) is 1. The molecule has 0 aromatic heterocycles. The Balaban J connectivity index is 1.42. The van der Waals surface area contributed by atoms with Crippen LogP contribution in [0.5, 0.6) is 0 Å². The first-order chi connectivity index (χ1) is 12.0. The van der Waals surface area contributed by atoms with Gasteiger partial charge < -0.3 is 4.74 Å². The van der Waals surface area contributed by atoms with E-state index in [0.29, 0.717) is 35.7 Å². The van der Waals surface area contributed by atoms with E-state index < -0.39 is 0 Å². The average Bonchev–Trinajstić information content (AvgIpc) is 3.16. The quantitative estimate of drug-likeness (QED) is 0.463. The minimum Gasteiger partial charge on any atom is -0.465 e. The maximum Gasteiger partial charge on any atom is 0.306 e. The predicted molar refractivity (Wildman–Crippen MR) is 98.9 cm³/mol. The van der Waals surface area contributed by atoms with Crippen molar-refractivity contribution in [3.05, 3.63) is 11.6 Å². The average molecular weight is 343 g/mol. The van der Waals surface area contributed by atoms with Crippen molar-refractivity contribution in [2.24, 2.45) is 40.4 Å². The van der Waals surface area contributed by atoms with E-state index in [4.69, 9.17) is 4.74 Å². The lowest BCUT2D eigenvalue weighted by Crippen LogP contribution is -2.50. The summed E-state index contributed by atoms with van der Waals surface area (Å²) in [6, 6.07) is 0. The van der Waals surface area contributed by atoms with Crippen molar-refractivity contribution in [1.82, 2.24) is 0 Å². The monoisotopic (exact) mass is 342 g/mol. The third kappa shape index (κ3) is 2.24. The Kier molecular flexibility index (Phi) is 3.67. The van der Waals surface area contributed by atoms with Gasteiger partial charge in [-0.3, -0.25) is 4.79 Å². The van der Waals surface area contributed by atoms with Gasteiger partial charge >= 0.3 is 5.97 Å². The molecule has 5 rings (SSSR count). The van der Waals surface area contributed by atoms with Crippen LogP contribution in [-0.4, -0.2) is 12.6 Å². The second kappa shape index (κ2) is 5.60. The molecule has 7 atom stereocenters. The Morgan fingerprint density at radius 3 is 2.72 bits per heavy atom. The molecule has 1 unspecified atom stereocenters. The van der Waals surface area contributed by atoms with E-state index >= 15 is 0 Å². The summed E-state index contributed by atoms with van der Waals surface area (Å²) in [4.78, 5) is 11.7. The van der Waals surface area contributed by atoms with Gasteiger partial charge in [-0.1, -0.05) is 38.3 Å². The highest BCUT2D eigenvalue weighted by Crippen LogP contribution is 2.66. The van der Waals surface area contributed by atoms with Crippen LogP contribution in [0.1, 0.15) is 78.1 Å². The molecule has 2 heteroatoms. The largest absolute Gasteiger partial charge is 0.465 e. The summed E-state index contributed by atoms with van der Waals surface area (Å²) < 4.78 is 5.33. The van der Waals surface area contributed by atoms with Crippen molar-refractivity contribution in [3.8, 4) is 0 Å². The fourth-order valence-corrected chi connectivity index (χ4v) is 8.16. The predicted octanol–water partition coefficient (Wildman–Crippen LogP) is 5.52. The van der Waals surface area contributed by atoms with Gasteiger partial charge in [0.2, 0.25) is 0 Å². The molecule has 5 aliphatic rings. The number of carbonyl (C=O) groups excluding carboxylic acids is 1. The normalized spacial score (nSPS) is 52.0. The molecule has 0 amide bonds. The summed E-state index contributed by atoms with van der Waals surface area (Å²) in [5, 5.41) is 0. The molecule has 0 aromatic carbocycles. The Morgan fingerprint density at radius 1 is 1.04 bits per heavy atom. The molecule has 0 radical (unpaired) electrons. The van der Waals surface area contributed by atoms with Crippen molar-refractivity contribution in [2.75, 3.05) is 6.61 Å². The van der Waals surface area contributed by atoms with Crippen LogP contribution in [0, 0.1) is 40.4 Å². The number of cyclic esters (lactones) is 1. The molecular formula is C23H34O2. The SMILES string of the molecule is C[C@]12CC[C@H]3[C@@H](CCC4CCCC[C@@]43C)C1=CC[C@@H]2[C@@H]1COC(=O)C1. The molecule has 0 spiro atoms. The zero-order valence-corrected chi connectivity index (χ0v) is 16.1. The molecule has 25 heavy (non-hydrogen) atoms. The second-order valence-electron chi connectivity index (χ2n) is 10.3. The topological polar surface area (TPSA) is 26.3 Å². The maximum absolute atomic E-state index is 11.7. The molecule has 4 fully saturated rings. The molecule has 1 aliphatic heterocycles. The third-order valence-corrected chi connectivity index (χ3v) is 9.51. The van der Waals surface area contributed by atoms with Crippen molar-refractivity contribution in [2.45, 2.75) is 78.1 Å². The fraction of sp³-hybridized carbons (Fsp3) is 0.870. The Morgan fingerprint density at radius 2 is 1.92 bits per heavy atom. The van der Waals surface area contributed by atoms with E-state index in [1.165, 1.54) is 57.8 Å². The second-order valence-corrected chi connectivity index (χ2v) is 10.3. The van der Waals surface area contributed by atoms with E-state index in [2.05, 4.69) is 19.9 Å². The van der Waals surface area contributed by atoms with Crippen molar-refractivity contribution < 1.29 is 9.53 Å². The number of carbonyl (C=O) groups is 1. The summed E-state index contributed by atoms with van der Waals surface area (Å²) in [7, 11) is 0. The van der Waals surface area contributed by atoms with Crippen LogP contribution < -0.4 is 0 Å². The van der Waals surface area contributed by atoms with Crippen molar-refractivity contribution in [1.29, 1.82) is 0 Å². The van der Waals surface area contributed by atoms with Gasteiger partial charge in [0.1, 0.15) is 0 Å². The molecule has 0 bridgehead atoms. The smallest absolute Gasteiger partial charge is 0.306 e. The van der Waals surface area contributed by atoms with Crippen LogP contribution in [0.4, 0.5) is 0 Å². The molecular weight excluding hydrogens is 308 g/mol. The number of hydrogen-bond donors (Lipinski definition) is 0. The standard InChI is InChI=1S/C23H34O2/c1-22-11-4-3-5-16(22)6-7-17-19-9-8-18(15-13-21(24)25-14-15)23(19,2)12-10-20(17)22/h9,15-18,20H,3-8,10-14H2,1-2H3/t15-,16?,17-,18+,20-,22-,23+/m0/s1. The summed E-state index contributed by atoms with van der Waals surface area (Å²) >= 11 is 0. The highest BCUT2D eigenvalue weighted by atomic mass is 16.5. The van der Waals surface area contributed by atoms with Gasteiger partial charge in [0, 0.05) is 5.92 Å². The minimum atomic E-state index is 0.0333. The van der Waals surface area contributed by atoms with Crippen LogP contribution in [0.3, 0.4) is 0 Å². The fourth-order valence-electron chi connectivity index (χ4n) is 8.16. The lowest BCUT2D eigenvalue weighted by molar-refractivity contribution is -0.137. The Labute approximate surface area is 152 Å². The first-order valence-electron chi connectivity index (χ1n) is 10.9. The molecule has 0 N–H and O–H groups in total. The third-order valence-electron chi connectivity index (χ3n) is 9.51. The zero-order chi connectivity index (χ0) is 17.2. The van der Waals surface area contributed by atoms with Gasteiger partial charge in [0.15, 0.2) is 0 Å². The van der Waals surface area contributed by atoms with Gasteiger partial charge in [0.05, 0.1) is 13.0 Å². The van der Waals surface area contributed by atoms with E-state index in [0.717, 1.165) is 17.8 Å². The van der Waals surface area contributed by atoms with E-state index in [9.17, 15) is 4.79 Å². The number of rotatable bonds is 1. The van der Waals surface area contributed by atoms with Gasteiger partial charge in [-0.05, 0) is 79.4 Å². The maximum atomic E-state index is 11.7. The highest BCUT2D eigenvalue weighted by Gasteiger charge is 2.58. The zero-order valence-electron chi connectivity index (χ0n) is 16.1. The molecule has 1 saturated heterocycles. The van der Waals surface area contributed by atoms with Crippen LogP contribution in [-0.2, 0) is 9.53 Å². The molecule has 1 heterocycles. The summed E-state index contributed by atoms with van der Waals surface area (Å²) in [6.45, 7) is 5.85. The van der Waals surface area contributed by atoms with E-state index in [-0.39, 0.29) is 5.97 Å². The first kappa shape index (κ1) is 16.4.